The zero-order valence-corrected chi connectivity index (χ0v) is 11.9. The van der Waals surface area contributed by atoms with E-state index in [2.05, 4.69) is 5.32 Å². The summed E-state index contributed by atoms with van der Waals surface area (Å²) < 4.78 is 13.4. The number of halogens is 1. The maximum atomic E-state index is 13.4. The van der Waals surface area contributed by atoms with E-state index in [1.165, 1.54) is 6.92 Å². The molecule has 0 bridgehead atoms. The van der Waals surface area contributed by atoms with Crippen LogP contribution in [0.1, 0.15) is 29.8 Å². The van der Waals surface area contributed by atoms with Crippen molar-refractivity contribution in [3.63, 3.8) is 0 Å². The Bertz CT molecular complexity index is 517. The standard InChI is InChI=1S/C14H19FN2O3/c1-4-16-13(19)8-17(3)7-10-5-11(15)6-12(9(2)18)14(10)20/h5-6,20H,4,7-8H2,1-3H3,(H,16,19). The van der Waals surface area contributed by atoms with Crippen LogP contribution in [0.15, 0.2) is 12.1 Å². The fourth-order valence-electron chi connectivity index (χ4n) is 1.89. The fourth-order valence-corrected chi connectivity index (χ4v) is 1.89. The highest BCUT2D eigenvalue weighted by Crippen LogP contribution is 2.25. The van der Waals surface area contributed by atoms with Crippen LogP contribution in [0.5, 0.6) is 5.75 Å². The van der Waals surface area contributed by atoms with Crippen LogP contribution < -0.4 is 5.32 Å². The molecular formula is C14H19FN2O3. The van der Waals surface area contributed by atoms with Gasteiger partial charge >= 0.3 is 0 Å². The van der Waals surface area contributed by atoms with Crippen molar-refractivity contribution in [2.45, 2.75) is 20.4 Å². The number of Topliss-reactive ketones (excluding diaryl/α,β-unsaturated/α-hetero) is 1. The van der Waals surface area contributed by atoms with Gasteiger partial charge in [-0.05, 0) is 33.0 Å². The van der Waals surface area contributed by atoms with E-state index in [-0.39, 0.29) is 35.9 Å². The Kier molecular flexibility index (Phi) is 5.64. The highest BCUT2D eigenvalue weighted by atomic mass is 19.1. The number of phenolic OH excluding ortho intramolecular Hbond substituents is 1. The van der Waals surface area contributed by atoms with E-state index < -0.39 is 11.6 Å². The molecule has 1 rings (SSSR count). The van der Waals surface area contributed by atoms with Crippen LogP contribution in [0.2, 0.25) is 0 Å². The van der Waals surface area contributed by atoms with Crippen LogP contribution in [0.4, 0.5) is 4.39 Å². The van der Waals surface area contributed by atoms with Crippen LogP contribution >= 0.6 is 0 Å². The Balaban J connectivity index is 2.87. The van der Waals surface area contributed by atoms with Gasteiger partial charge in [-0.25, -0.2) is 4.39 Å². The van der Waals surface area contributed by atoms with Gasteiger partial charge in [0, 0.05) is 18.7 Å². The highest BCUT2D eigenvalue weighted by molar-refractivity contribution is 5.97. The molecule has 0 aliphatic heterocycles. The number of carbonyl (C=O) groups excluding carboxylic acids is 2. The fraction of sp³-hybridized carbons (Fsp3) is 0.429. The normalized spacial score (nSPS) is 10.7. The number of aromatic hydroxyl groups is 1. The molecule has 0 fully saturated rings. The highest BCUT2D eigenvalue weighted by Gasteiger charge is 2.15. The van der Waals surface area contributed by atoms with Crippen molar-refractivity contribution in [1.82, 2.24) is 10.2 Å². The number of ketones is 1. The van der Waals surface area contributed by atoms with Crippen LogP contribution in [0.25, 0.3) is 0 Å². The van der Waals surface area contributed by atoms with Gasteiger partial charge in [0.15, 0.2) is 5.78 Å². The average molecular weight is 282 g/mol. The first-order valence-electron chi connectivity index (χ1n) is 6.32. The smallest absolute Gasteiger partial charge is 0.234 e. The zero-order chi connectivity index (χ0) is 15.3. The van der Waals surface area contributed by atoms with Gasteiger partial charge < -0.3 is 10.4 Å². The molecule has 0 heterocycles. The average Bonchev–Trinajstić information content (AvgIpc) is 2.33. The first-order chi connectivity index (χ1) is 9.35. The zero-order valence-electron chi connectivity index (χ0n) is 11.9. The Morgan fingerprint density at radius 1 is 1.40 bits per heavy atom. The van der Waals surface area contributed by atoms with Crippen molar-refractivity contribution < 1.29 is 19.1 Å². The van der Waals surface area contributed by atoms with Gasteiger partial charge in [-0.2, -0.15) is 0 Å². The summed E-state index contributed by atoms with van der Waals surface area (Å²) in [5.74, 6) is -1.39. The van der Waals surface area contributed by atoms with Gasteiger partial charge in [0.2, 0.25) is 5.91 Å². The number of hydrogen-bond acceptors (Lipinski definition) is 4. The summed E-state index contributed by atoms with van der Waals surface area (Å²) >= 11 is 0. The summed E-state index contributed by atoms with van der Waals surface area (Å²) in [5.41, 5.74) is 0.230. The minimum Gasteiger partial charge on any atom is -0.507 e. The molecule has 6 heteroatoms. The number of nitrogens with zero attached hydrogens (tertiary/aromatic N) is 1. The number of amides is 1. The second-order valence-electron chi connectivity index (χ2n) is 4.64. The van der Waals surface area contributed by atoms with E-state index in [9.17, 15) is 19.1 Å². The van der Waals surface area contributed by atoms with Gasteiger partial charge in [-0.3, -0.25) is 14.5 Å². The molecule has 1 aromatic carbocycles. The minimum atomic E-state index is -0.589. The summed E-state index contributed by atoms with van der Waals surface area (Å²) in [4.78, 5) is 24.4. The Morgan fingerprint density at radius 2 is 2.05 bits per heavy atom. The molecule has 0 atom stereocenters. The van der Waals surface area contributed by atoms with Gasteiger partial charge in [0.1, 0.15) is 11.6 Å². The second kappa shape index (κ2) is 7.00. The van der Waals surface area contributed by atoms with E-state index in [0.29, 0.717) is 6.54 Å². The topological polar surface area (TPSA) is 69.6 Å². The van der Waals surface area contributed by atoms with Crippen molar-refractivity contribution in [3.8, 4) is 5.75 Å². The quantitative estimate of drug-likeness (QED) is 0.772. The number of phenols is 1. The molecule has 20 heavy (non-hydrogen) atoms. The third-order valence-electron chi connectivity index (χ3n) is 2.76. The van der Waals surface area contributed by atoms with Gasteiger partial charge in [0.25, 0.3) is 0 Å². The molecule has 110 valence electrons. The van der Waals surface area contributed by atoms with Crippen molar-refractivity contribution in [2.75, 3.05) is 20.1 Å². The van der Waals surface area contributed by atoms with Crippen LogP contribution in [0, 0.1) is 5.82 Å². The Labute approximate surface area is 117 Å². The first-order valence-corrected chi connectivity index (χ1v) is 6.32. The Hall–Kier alpha value is -1.95. The summed E-state index contributed by atoms with van der Waals surface area (Å²) in [6, 6.07) is 2.17. The molecule has 0 aromatic heterocycles. The Morgan fingerprint density at radius 3 is 2.60 bits per heavy atom. The summed E-state index contributed by atoms with van der Waals surface area (Å²) in [6.07, 6.45) is 0. The lowest BCUT2D eigenvalue weighted by molar-refractivity contribution is -0.121. The molecule has 0 spiro atoms. The SMILES string of the molecule is CCNC(=O)CN(C)Cc1cc(F)cc(C(C)=O)c1O. The minimum absolute atomic E-state index is 0.0496. The molecule has 0 saturated heterocycles. The molecule has 0 unspecified atom stereocenters. The molecule has 2 N–H and O–H groups in total. The molecule has 0 aliphatic carbocycles. The number of hydrogen-bond donors (Lipinski definition) is 2. The number of nitrogens with one attached hydrogen (secondary N) is 1. The monoisotopic (exact) mass is 282 g/mol. The van der Waals surface area contributed by atoms with E-state index in [1.807, 2.05) is 6.92 Å². The largest absolute Gasteiger partial charge is 0.507 e. The predicted molar refractivity (Wildman–Crippen MR) is 73.1 cm³/mol. The maximum Gasteiger partial charge on any atom is 0.234 e. The first kappa shape index (κ1) is 16.1. The third-order valence-corrected chi connectivity index (χ3v) is 2.76. The number of benzene rings is 1. The van der Waals surface area contributed by atoms with Crippen molar-refractivity contribution >= 4 is 11.7 Å². The summed E-state index contributed by atoms with van der Waals surface area (Å²) in [7, 11) is 1.67. The van der Waals surface area contributed by atoms with Crippen molar-refractivity contribution in [2.24, 2.45) is 0 Å². The van der Waals surface area contributed by atoms with Gasteiger partial charge in [-0.1, -0.05) is 0 Å². The van der Waals surface area contributed by atoms with Gasteiger partial charge in [-0.15, -0.1) is 0 Å². The number of likely N-dealkylation sites (N-methyl/N-ethyl adjacent to an activating group) is 2. The third kappa shape index (κ3) is 4.31. The van der Waals surface area contributed by atoms with E-state index in [0.717, 1.165) is 12.1 Å². The molecule has 0 radical (unpaired) electrons. The molecular weight excluding hydrogens is 263 g/mol. The number of carbonyl (C=O) groups is 2. The summed E-state index contributed by atoms with van der Waals surface area (Å²) in [6.45, 7) is 3.90. The number of rotatable bonds is 6. The molecule has 0 saturated carbocycles. The predicted octanol–water partition coefficient (Wildman–Crippen LogP) is 1.30. The molecule has 0 aliphatic rings. The van der Waals surface area contributed by atoms with E-state index >= 15 is 0 Å². The van der Waals surface area contributed by atoms with E-state index in [4.69, 9.17) is 0 Å². The molecule has 1 aromatic rings. The van der Waals surface area contributed by atoms with Crippen molar-refractivity contribution in [3.05, 3.63) is 29.1 Å². The van der Waals surface area contributed by atoms with Crippen LogP contribution in [-0.2, 0) is 11.3 Å². The summed E-state index contributed by atoms with van der Waals surface area (Å²) in [5, 5.41) is 12.6. The molecule has 1 amide bonds. The molecule has 5 nitrogen and oxygen atoms in total. The second-order valence-corrected chi connectivity index (χ2v) is 4.64. The van der Waals surface area contributed by atoms with Crippen LogP contribution in [0.3, 0.4) is 0 Å². The van der Waals surface area contributed by atoms with E-state index in [1.54, 1.807) is 11.9 Å². The maximum absolute atomic E-state index is 13.4. The lowest BCUT2D eigenvalue weighted by atomic mass is 10.1. The van der Waals surface area contributed by atoms with Gasteiger partial charge in [0.05, 0.1) is 12.1 Å². The lowest BCUT2D eigenvalue weighted by Crippen LogP contribution is -2.34. The lowest BCUT2D eigenvalue weighted by Gasteiger charge is -2.17. The van der Waals surface area contributed by atoms with Crippen molar-refractivity contribution in [1.29, 1.82) is 0 Å². The van der Waals surface area contributed by atoms with Crippen LogP contribution in [-0.4, -0.2) is 41.8 Å².